The second kappa shape index (κ2) is 6.56. The van der Waals surface area contributed by atoms with E-state index in [0.717, 1.165) is 18.8 Å². The van der Waals surface area contributed by atoms with Crippen LogP contribution >= 0.6 is 11.8 Å². The van der Waals surface area contributed by atoms with Crippen molar-refractivity contribution >= 4 is 17.4 Å². The van der Waals surface area contributed by atoms with Crippen LogP contribution in [0.2, 0.25) is 0 Å². The maximum absolute atomic E-state index is 5.68. The van der Waals surface area contributed by atoms with E-state index in [-0.39, 0.29) is 0 Å². The lowest BCUT2D eigenvalue weighted by molar-refractivity contribution is 0.317. The zero-order valence-corrected chi connectivity index (χ0v) is 13.1. The van der Waals surface area contributed by atoms with Crippen molar-refractivity contribution in [2.75, 3.05) is 23.4 Å². The Hall–Kier alpha value is -0.830. The average Bonchev–Trinajstić information content (AvgIpc) is 2.35. The second-order valence-electron chi connectivity index (χ2n) is 6.10. The van der Waals surface area contributed by atoms with E-state index in [0.29, 0.717) is 11.5 Å². The third kappa shape index (κ3) is 4.64. The Morgan fingerprint density at radius 2 is 2.26 bits per heavy atom. The minimum Gasteiger partial charge on any atom is -0.494 e. The van der Waals surface area contributed by atoms with Crippen molar-refractivity contribution in [2.24, 2.45) is 5.41 Å². The predicted molar refractivity (Wildman–Crippen MR) is 85.4 cm³/mol. The van der Waals surface area contributed by atoms with Crippen molar-refractivity contribution in [3.8, 4) is 5.75 Å². The van der Waals surface area contributed by atoms with Gasteiger partial charge in [-0.1, -0.05) is 26.8 Å². The third-order valence-corrected chi connectivity index (χ3v) is 4.91. The molecular formula is C16H25NOS. The Labute approximate surface area is 121 Å². The highest BCUT2D eigenvalue weighted by Gasteiger charge is 2.28. The van der Waals surface area contributed by atoms with Gasteiger partial charge in [0.15, 0.2) is 0 Å². The molecule has 1 unspecified atom stereocenters. The first-order valence-electron chi connectivity index (χ1n) is 7.16. The number of nitrogens with one attached hydrogen (secondary N) is 1. The first-order valence-corrected chi connectivity index (χ1v) is 8.32. The van der Waals surface area contributed by atoms with Gasteiger partial charge in [-0.3, -0.25) is 0 Å². The summed E-state index contributed by atoms with van der Waals surface area (Å²) in [6.45, 7) is 7.63. The van der Waals surface area contributed by atoms with Crippen molar-refractivity contribution in [2.45, 2.75) is 39.7 Å². The van der Waals surface area contributed by atoms with E-state index >= 15 is 0 Å². The van der Waals surface area contributed by atoms with Crippen LogP contribution in [0, 0.1) is 5.41 Å². The van der Waals surface area contributed by atoms with E-state index in [1.54, 1.807) is 0 Å². The third-order valence-electron chi connectivity index (χ3n) is 3.29. The van der Waals surface area contributed by atoms with Gasteiger partial charge in [0.2, 0.25) is 0 Å². The van der Waals surface area contributed by atoms with Gasteiger partial charge in [-0.2, -0.15) is 11.8 Å². The first kappa shape index (κ1) is 14.6. The van der Waals surface area contributed by atoms with Crippen LogP contribution in [0.25, 0.3) is 0 Å². The standard InChI is InChI=1S/C16H25NOS/c1-4-8-18-15-7-5-6-13(9-15)17-14-10-16(2,3)12-19-11-14/h5-7,9,14,17H,4,8,10-12H2,1-3H3. The van der Waals surface area contributed by atoms with Gasteiger partial charge in [-0.05, 0) is 36.1 Å². The van der Waals surface area contributed by atoms with Gasteiger partial charge in [0.1, 0.15) is 5.75 Å². The molecule has 1 aliphatic rings. The van der Waals surface area contributed by atoms with Gasteiger partial charge in [0.05, 0.1) is 6.61 Å². The Morgan fingerprint density at radius 1 is 1.42 bits per heavy atom. The Kier molecular flexibility index (Phi) is 5.03. The van der Waals surface area contributed by atoms with E-state index in [1.165, 1.54) is 23.6 Å². The van der Waals surface area contributed by atoms with Crippen LogP contribution in [0.15, 0.2) is 24.3 Å². The SMILES string of the molecule is CCCOc1cccc(NC2CSCC(C)(C)C2)c1. The molecule has 1 saturated heterocycles. The molecule has 1 aromatic rings. The lowest BCUT2D eigenvalue weighted by Crippen LogP contribution is -2.35. The molecule has 1 aromatic carbocycles. The van der Waals surface area contributed by atoms with Crippen LogP contribution < -0.4 is 10.1 Å². The highest BCUT2D eigenvalue weighted by molar-refractivity contribution is 7.99. The van der Waals surface area contributed by atoms with Crippen molar-refractivity contribution in [3.05, 3.63) is 24.3 Å². The number of anilines is 1. The van der Waals surface area contributed by atoms with Crippen LogP contribution in [-0.2, 0) is 0 Å². The molecule has 0 spiro atoms. The molecule has 1 atom stereocenters. The lowest BCUT2D eigenvalue weighted by atomic mass is 9.88. The Morgan fingerprint density at radius 3 is 3.00 bits per heavy atom. The van der Waals surface area contributed by atoms with Crippen LogP contribution in [0.1, 0.15) is 33.6 Å². The van der Waals surface area contributed by atoms with Crippen molar-refractivity contribution in [1.29, 1.82) is 0 Å². The fourth-order valence-electron chi connectivity index (χ4n) is 2.49. The number of hydrogen-bond acceptors (Lipinski definition) is 3. The number of benzene rings is 1. The largest absolute Gasteiger partial charge is 0.494 e. The maximum Gasteiger partial charge on any atom is 0.121 e. The molecular weight excluding hydrogens is 254 g/mol. The maximum atomic E-state index is 5.68. The van der Waals surface area contributed by atoms with Gasteiger partial charge in [0, 0.05) is 23.5 Å². The molecule has 1 fully saturated rings. The van der Waals surface area contributed by atoms with E-state index in [1.807, 2.05) is 6.07 Å². The minimum atomic E-state index is 0.441. The van der Waals surface area contributed by atoms with Crippen LogP contribution in [-0.4, -0.2) is 24.2 Å². The fraction of sp³-hybridized carbons (Fsp3) is 0.625. The molecule has 0 saturated carbocycles. The van der Waals surface area contributed by atoms with Gasteiger partial charge in [0.25, 0.3) is 0 Å². The molecule has 0 aromatic heterocycles. The molecule has 0 bridgehead atoms. The molecule has 19 heavy (non-hydrogen) atoms. The highest BCUT2D eigenvalue weighted by atomic mass is 32.2. The summed E-state index contributed by atoms with van der Waals surface area (Å²) in [5.74, 6) is 3.43. The summed E-state index contributed by atoms with van der Waals surface area (Å²) < 4.78 is 5.68. The van der Waals surface area contributed by atoms with Gasteiger partial charge >= 0.3 is 0 Å². The van der Waals surface area contributed by atoms with E-state index < -0.39 is 0 Å². The molecule has 3 heteroatoms. The monoisotopic (exact) mass is 279 g/mol. The van der Waals surface area contributed by atoms with Crippen LogP contribution in [0.5, 0.6) is 5.75 Å². The summed E-state index contributed by atoms with van der Waals surface area (Å²) in [7, 11) is 0. The minimum absolute atomic E-state index is 0.441. The molecule has 2 nitrogen and oxygen atoms in total. The molecule has 2 rings (SSSR count). The molecule has 0 amide bonds. The lowest BCUT2D eigenvalue weighted by Gasteiger charge is -2.35. The average molecular weight is 279 g/mol. The predicted octanol–water partition coefficient (Wildman–Crippen LogP) is 4.42. The van der Waals surface area contributed by atoms with Crippen molar-refractivity contribution < 1.29 is 4.74 Å². The molecule has 106 valence electrons. The molecule has 0 aliphatic carbocycles. The van der Waals surface area contributed by atoms with Crippen LogP contribution in [0.3, 0.4) is 0 Å². The fourth-order valence-corrected chi connectivity index (χ4v) is 3.76. The first-order chi connectivity index (χ1) is 9.09. The zero-order chi connectivity index (χ0) is 13.7. The summed E-state index contributed by atoms with van der Waals surface area (Å²) in [5, 5.41) is 3.65. The number of ether oxygens (including phenoxy) is 1. The number of thioether (sulfide) groups is 1. The summed E-state index contributed by atoms with van der Waals surface area (Å²) in [6, 6.07) is 8.90. The van der Waals surface area contributed by atoms with Crippen LogP contribution in [0.4, 0.5) is 5.69 Å². The molecule has 0 radical (unpaired) electrons. The summed E-state index contributed by atoms with van der Waals surface area (Å²) in [6.07, 6.45) is 2.28. The van der Waals surface area contributed by atoms with E-state index in [4.69, 9.17) is 4.74 Å². The summed E-state index contributed by atoms with van der Waals surface area (Å²) >= 11 is 2.05. The second-order valence-corrected chi connectivity index (χ2v) is 7.13. The quantitative estimate of drug-likeness (QED) is 0.862. The van der Waals surface area contributed by atoms with Crippen molar-refractivity contribution in [3.63, 3.8) is 0 Å². The smallest absolute Gasteiger partial charge is 0.121 e. The van der Waals surface area contributed by atoms with E-state index in [2.05, 4.69) is 56.0 Å². The summed E-state index contributed by atoms with van der Waals surface area (Å²) in [5.41, 5.74) is 1.62. The van der Waals surface area contributed by atoms with E-state index in [9.17, 15) is 0 Å². The normalized spacial score (nSPS) is 21.9. The molecule has 1 aliphatic heterocycles. The number of hydrogen-bond donors (Lipinski definition) is 1. The zero-order valence-electron chi connectivity index (χ0n) is 12.2. The molecule has 1 heterocycles. The van der Waals surface area contributed by atoms with Crippen molar-refractivity contribution in [1.82, 2.24) is 0 Å². The van der Waals surface area contributed by atoms with Gasteiger partial charge in [-0.25, -0.2) is 0 Å². The topological polar surface area (TPSA) is 21.3 Å². The highest BCUT2D eigenvalue weighted by Crippen LogP contribution is 2.35. The number of rotatable bonds is 5. The molecule has 1 N–H and O–H groups in total. The van der Waals surface area contributed by atoms with Gasteiger partial charge in [-0.15, -0.1) is 0 Å². The Bertz CT molecular complexity index is 405. The summed E-state index contributed by atoms with van der Waals surface area (Å²) in [4.78, 5) is 0. The van der Waals surface area contributed by atoms with Gasteiger partial charge < -0.3 is 10.1 Å². The Balaban J connectivity index is 1.94.